The number of pyridine rings is 2. The molecule has 1 N–H and O–H groups in total. The lowest BCUT2D eigenvalue weighted by Gasteiger charge is -2.44. The lowest BCUT2D eigenvalue weighted by atomic mass is 9.97. The summed E-state index contributed by atoms with van der Waals surface area (Å²) >= 11 is 6.79. The quantitative estimate of drug-likeness (QED) is 0.257. The Kier molecular flexibility index (Phi) is 8.49. The Balaban J connectivity index is 1.88. The first-order chi connectivity index (χ1) is 20.8. The van der Waals surface area contributed by atoms with Crippen LogP contribution in [-0.2, 0) is 4.79 Å². The number of phenolic OH excluding ortho intramolecular Hbond substituents is 1. The van der Waals surface area contributed by atoms with E-state index in [0.717, 1.165) is 5.56 Å². The second-order valence-electron chi connectivity index (χ2n) is 11.9. The van der Waals surface area contributed by atoms with E-state index in [4.69, 9.17) is 16.6 Å². The number of aromatic hydroxyl groups is 1. The average Bonchev–Trinajstić information content (AvgIpc) is 2.97. The molecule has 0 radical (unpaired) electrons. The number of aromatic nitrogens is 4. The van der Waals surface area contributed by atoms with Crippen LogP contribution in [0.3, 0.4) is 0 Å². The minimum Gasteiger partial charge on any atom is -0.507 e. The molecule has 4 aromatic rings. The highest BCUT2D eigenvalue weighted by Crippen LogP contribution is 2.40. The highest BCUT2D eigenvalue weighted by molar-refractivity contribution is 6.34. The van der Waals surface area contributed by atoms with E-state index < -0.39 is 11.5 Å². The second-order valence-corrected chi connectivity index (χ2v) is 12.3. The van der Waals surface area contributed by atoms with Crippen molar-refractivity contribution in [1.82, 2.24) is 24.4 Å². The van der Waals surface area contributed by atoms with Gasteiger partial charge in [0.1, 0.15) is 17.4 Å². The zero-order valence-corrected chi connectivity index (χ0v) is 26.4. The average molecular weight is 619 g/mol. The van der Waals surface area contributed by atoms with Crippen LogP contribution in [0, 0.1) is 5.82 Å². The van der Waals surface area contributed by atoms with Crippen molar-refractivity contribution in [3.63, 3.8) is 0 Å². The summed E-state index contributed by atoms with van der Waals surface area (Å²) in [5.74, 6) is -0.893. The van der Waals surface area contributed by atoms with Gasteiger partial charge in [-0.25, -0.2) is 18.7 Å². The van der Waals surface area contributed by atoms with Gasteiger partial charge in [0.25, 0.3) is 0 Å². The van der Waals surface area contributed by atoms with Crippen molar-refractivity contribution >= 4 is 34.4 Å². The van der Waals surface area contributed by atoms with Gasteiger partial charge < -0.3 is 14.9 Å². The standard InChI is InChI=1S/C33H36ClFN6O3/c1-8-26(43)39-15-20(7)40(16-19(39)6)31-22-14-23(34)29(27-24(35)10-9-11-25(27)42)37-32(22)41(33(44)38-31)30-21(17(2)3)12-13-36-28(30)18(4)5/h8-14,17-20,42H,1,15-16H2,2-7H3/t19-,20+/m1/s1. The SMILES string of the molecule is C=CC(=O)N1C[C@H](C)N(c2nc(=O)n(-c3c(C(C)C)ccnc3C(C)C)c3nc(-c4c(O)cccc4F)c(Cl)cc23)C[C@H]1C. The van der Waals surface area contributed by atoms with E-state index in [-0.39, 0.29) is 57.5 Å². The molecule has 0 bridgehead atoms. The lowest BCUT2D eigenvalue weighted by molar-refractivity contribution is -0.128. The number of rotatable bonds is 6. The fraction of sp³-hybridized carbons (Fsp3) is 0.364. The number of phenols is 1. The molecule has 1 saturated heterocycles. The number of halogens is 2. The predicted octanol–water partition coefficient (Wildman–Crippen LogP) is 6.20. The zero-order valence-electron chi connectivity index (χ0n) is 25.7. The zero-order chi connectivity index (χ0) is 32.0. The molecule has 2 atom stereocenters. The number of nitrogens with zero attached hydrogens (tertiary/aromatic N) is 6. The van der Waals surface area contributed by atoms with E-state index in [1.807, 2.05) is 52.5 Å². The van der Waals surface area contributed by atoms with Crippen LogP contribution in [0.1, 0.15) is 64.6 Å². The Morgan fingerprint density at radius 1 is 1.11 bits per heavy atom. The molecule has 0 aliphatic carbocycles. The van der Waals surface area contributed by atoms with Gasteiger partial charge in [0, 0.05) is 31.4 Å². The molecule has 5 rings (SSSR count). The van der Waals surface area contributed by atoms with Crippen molar-refractivity contribution in [3.8, 4) is 22.7 Å². The molecule has 1 aromatic carbocycles. The molecule has 4 heterocycles. The molecule has 0 saturated carbocycles. The smallest absolute Gasteiger partial charge is 0.355 e. The number of carbonyl (C=O) groups is 1. The van der Waals surface area contributed by atoms with Crippen molar-refractivity contribution in [2.75, 3.05) is 18.0 Å². The first kappa shape index (κ1) is 31.1. The lowest BCUT2D eigenvalue weighted by Crippen LogP contribution is -2.58. The number of carbonyl (C=O) groups excluding carboxylic acids is 1. The molecule has 3 aromatic heterocycles. The van der Waals surface area contributed by atoms with Crippen molar-refractivity contribution in [3.05, 3.63) is 81.8 Å². The molecule has 11 heteroatoms. The summed E-state index contributed by atoms with van der Waals surface area (Å²) in [6.07, 6.45) is 3.02. The molecule has 1 fully saturated rings. The summed E-state index contributed by atoms with van der Waals surface area (Å²) in [4.78, 5) is 44.5. The van der Waals surface area contributed by atoms with E-state index in [0.29, 0.717) is 35.7 Å². The van der Waals surface area contributed by atoms with Gasteiger partial charge in [-0.3, -0.25) is 9.78 Å². The highest BCUT2D eigenvalue weighted by atomic mass is 35.5. The fourth-order valence-electron chi connectivity index (χ4n) is 5.91. The largest absolute Gasteiger partial charge is 0.507 e. The second kappa shape index (κ2) is 12.0. The minimum absolute atomic E-state index is 0.0102. The molecule has 1 aliphatic rings. The summed E-state index contributed by atoms with van der Waals surface area (Å²) in [7, 11) is 0. The van der Waals surface area contributed by atoms with Crippen LogP contribution < -0.4 is 10.6 Å². The first-order valence-electron chi connectivity index (χ1n) is 14.7. The molecule has 230 valence electrons. The van der Waals surface area contributed by atoms with Crippen LogP contribution in [0.5, 0.6) is 5.75 Å². The van der Waals surface area contributed by atoms with Crippen LogP contribution in [0.15, 0.2) is 54.0 Å². The summed E-state index contributed by atoms with van der Waals surface area (Å²) in [5, 5.41) is 11.2. The van der Waals surface area contributed by atoms with E-state index >= 15 is 4.39 Å². The Bertz CT molecular complexity index is 1790. The maximum Gasteiger partial charge on any atom is 0.355 e. The summed E-state index contributed by atoms with van der Waals surface area (Å²) < 4.78 is 16.6. The van der Waals surface area contributed by atoms with Gasteiger partial charge >= 0.3 is 5.69 Å². The molecule has 0 unspecified atom stereocenters. The normalized spacial score (nSPS) is 17.1. The van der Waals surface area contributed by atoms with Gasteiger partial charge in [0.15, 0.2) is 5.65 Å². The third-order valence-corrected chi connectivity index (χ3v) is 8.41. The molecule has 1 amide bonds. The Morgan fingerprint density at radius 2 is 1.84 bits per heavy atom. The number of hydrogen-bond donors (Lipinski definition) is 1. The first-order valence-corrected chi connectivity index (χ1v) is 15.0. The fourth-order valence-corrected chi connectivity index (χ4v) is 6.16. The van der Waals surface area contributed by atoms with E-state index in [2.05, 4.69) is 16.5 Å². The summed E-state index contributed by atoms with van der Waals surface area (Å²) in [6, 6.07) is 7.02. The number of anilines is 1. The Labute approximate surface area is 260 Å². The van der Waals surface area contributed by atoms with Gasteiger partial charge in [-0.1, -0.05) is 51.9 Å². The summed E-state index contributed by atoms with van der Waals surface area (Å²) in [5.41, 5.74) is 1.54. The summed E-state index contributed by atoms with van der Waals surface area (Å²) in [6.45, 7) is 16.3. The van der Waals surface area contributed by atoms with Crippen LogP contribution in [0.4, 0.5) is 10.2 Å². The maximum atomic E-state index is 15.2. The topological polar surface area (TPSA) is 104 Å². The van der Waals surface area contributed by atoms with Crippen molar-refractivity contribution in [2.24, 2.45) is 0 Å². The number of amides is 1. The monoisotopic (exact) mass is 618 g/mol. The van der Waals surface area contributed by atoms with Gasteiger partial charge in [-0.2, -0.15) is 4.98 Å². The molecule has 1 aliphatic heterocycles. The van der Waals surface area contributed by atoms with E-state index in [1.54, 1.807) is 17.2 Å². The molecule has 0 spiro atoms. The van der Waals surface area contributed by atoms with Crippen molar-refractivity contribution in [1.29, 1.82) is 0 Å². The predicted molar refractivity (Wildman–Crippen MR) is 171 cm³/mol. The van der Waals surface area contributed by atoms with Crippen LogP contribution in [-0.4, -0.2) is 60.6 Å². The van der Waals surface area contributed by atoms with Gasteiger partial charge in [-0.05, 0) is 61.6 Å². The molecule has 44 heavy (non-hydrogen) atoms. The van der Waals surface area contributed by atoms with Gasteiger partial charge in [-0.15, -0.1) is 0 Å². The van der Waals surface area contributed by atoms with Crippen LogP contribution >= 0.6 is 11.6 Å². The van der Waals surface area contributed by atoms with Gasteiger partial charge in [0.05, 0.1) is 33.0 Å². The van der Waals surface area contributed by atoms with Crippen molar-refractivity contribution in [2.45, 2.75) is 65.5 Å². The Hall–Kier alpha value is -4.31. The van der Waals surface area contributed by atoms with E-state index in [1.165, 1.54) is 28.8 Å². The number of benzene rings is 1. The van der Waals surface area contributed by atoms with Gasteiger partial charge in [0.2, 0.25) is 5.91 Å². The van der Waals surface area contributed by atoms with Crippen LogP contribution in [0.25, 0.3) is 28.0 Å². The number of fused-ring (bicyclic) bond motifs is 1. The molecule has 9 nitrogen and oxygen atoms in total. The third kappa shape index (κ3) is 5.32. The number of piperazine rings is 1. The minimum atomic E-state index is -0.709. The Morgan fingerprint density at radius 3 is 2.48 bits per heavy atom. The molecular weight excluding hydrogens is 583 g/mol. The highest BCUT2D eigenvalue weighted by Gasteiger charge is 2.34. The molecular formula is C33H36ClFN6O3. The maximum absolute atomic E-state index is 15.2. The van der Waals surface area contributed by atoms with Crippen LogP contribution in [0.2, 0.25) is 5.02 Å². The third-order valence-electron chi connectivity index (χ3n) is 8.12. The van der Waals surface area contributed by atoms with E-state index in [9.17, 15) is 14.7 Å². The number of hydrogen-bond acceptors (Lipinski definition) is 7. The van der Waals surface area contributed by atoms with Crippen molar-refractivity contribution < 1.29 is 14.3 Å².